The van der Waals surface area contributed by atoms with Crippen LogP contribution in [0.4, 0.5) is 4.39 Å². The van der Waals surface area contributed by atoms with E-state index < -0.39 is 0 Å². The Balaban J connectivity index is 2.21. The summed E-state index contributed by atoms with van der Waals surface area (Å²) >= 11 is 5.83. The number of methoxy groups -OCH3 is 1. The summed E-state index contributed by atoms with van der Waals surface area (Å²) in [5.41, 5.74) is 0.479. The molecule has 1 aromatic carbocycles. The molecule has 2 rings (SSSR count). The van der Waals surface area contributed by atoms with E-state index in [1.807, 2.05) is 7.05 Å². The van der Waals surface area contributed by atoms with Crippen molar-refractivity contribution >= 4 is 11.6 Å². The molecule has 3 unspecified atom stereocenters. The molecule has 1 aliphatic carbocycles. The monoisotopic (exact) mass is 313 g/mol. The SMILES string of the molecule is CNC(Cc1ccc(Cl)cc1F)C1(OC)CCCC(C)C1. The molecular weight excluding hydrogens is 289 g/mol. The summed E-state index contributed by atoms with van der Waals surface area (Å²) in [6, 6.07) is 5.00. The number of nitrogens with one attached hydrogen (secondary N) is 1. The van der Waals surface area contributed by atoms with Gasteiger partial charge in [-0.25, -0.2) is 4.39 Å². The first-order valence-corrected chi connectivity index (χ1v) is 8.05. The van der Waals surface area contributed by atoms with Crippen molar-refractivity contribution < 1.29 is 9.13 Å². The number of benzene rings is 1. The summed E-state index contributed by atoms with van der Waals surface area (Å²) in [6.45, 7) is 2.27. The summed E-state index contributed by atoms with van der Waals surface area (Å²) in [5.74, 6) is 0.405. The van der Waals surface area contributed by atoms with E-state index in [0.29, 0.717) is 22.9 Å². The summed E-state index contributed by atoms with van der Waals surface area (Å²) in [5, 5.41) is 3.78. The van der Waals surface area contributed by atoms with Crippen LogP contribution in [0.3, 0.4) is 0 Å². The Morgan fingerprint density at radius 2 is 2.29 bits per heavy atom. The zero-order chi connectivity index (χ0) is 15.5. The van der Waals surface area contributed by atoms with E-state index in [2.05, 4.69) is 12.2 Å². The molecule has 0 bridgehead atoms. The number of hydrogen-bond donors (Lipinski definition) is 1. The molecule has 21 heavy (non-hydrogen) atoms. The summed E-state index contributed by atoms with van der Waals surface area (Å²) in [6.07, 6.45) is 5.06. The molecule has 0 aliphatic heterocycles. The van der Waals surface area contributed by atoms with Crippen molar-refractivity contribution in [1.29, 1.82) is 0 Å². The lowest BCUT2D eigenvalue weighted by Crippen LogP contribution is -2.54. The molecule has 0 aromatic heterocycles. The predicted molar refractivity (Wildman–Crippen MR) is 85.3 cm³/mol. The van der Waals surface area contributed by atoms with Gasteiger partial charge in [0.15, 0.2) is 0 Å². The Bertz CT molecular complexity index is 482. The minimum absolute atomic E-state index is 0.0981. The molecule has 0 spiro atoms. The largest absolute Gasteiger partial charge is 0.377 e. The van der Waals surface area contributed by atoms with Gasteiger partial charge in [-0.15, -0.1) is 0 Å². The van der Waals surface area contributed by atoms with E-state index in [4.69, 9.17) is 16.3 Å². The van der Waals surface area contributed by atoms with Gasteiger partial charge in [0.05, 0.1) is 5.60 Å². The van der Waals surface area contributed by atoms with Gasteiger partial charge in [0.2, 0.25) is 0 Å². The number of hydrogen-bond acceptors (Lipinski definition) is 2. The van der Waals surface area contributed by atoms with Gasteiger partial charge in [0.1, 0.15) is 5.82 Å². The number of ether oxygens (including phenoxy) is 1. The summed E-state index contributed by atoms with van der Waals surface area (Å²) < 4.78 is 20.0. The minimum Gasteiger partial charge on any atom is -0.377 e. The first-order valence-electron chi connectivity index (χ1n) is 7.67. The maximum atomic E-state index is 14.1. The second kappa shape index (κ2) is 7.08. The van der Waals surface area contributed by atoms with Crippen molar-refractivity contribution in [1.82, 2.24) is 5.32 Å². The maximum Gasteiger partial charge on any atom is 0.127 e. The first-order chi connectivity index (χ1) is 10.0. The number of likely N-dealkylation sites (N-methyl/N-ethyl adjacent to an activating group) is 1. The van der Waals surface area contributed by atoms with E-state index in [-0.39, 0.29) is 17.5 Å². The molecule has 0 radical (unpaired) electrons. The van der Waals surface area contributed by atoms with Crippen LogP contribution >= 0.6 is 11.6 Å². The van der Waals surface area contributed by atoms with Crippen molar-refractivity contribution in [2.45, 2.75) is 50.7 Å². The van der Waals surface area contributed by atoms with E-state index in [9.17, 15) is 4.39 Å². The molecule has 3 atom stereocenters. The lowest BCUT2D eigenvalue weighted by atomic mass is 9.73. The van der Waals surface area contributed by atoms with E-state index in [1.165, 1.54) is 12.5 Å². The Morgan fingerprint density at radius 3 is 2.86 bits per heavy atom. The van der Waals surface area contributed by atoms with Gasteiger partial charge in [0.25, 0.3) is 0 Å². The van der Waals surface area contributed by atoms with Crippen molar-refractivity contribution in [2.75, 3.05) is 14.2 Å². The van der Waals surface area contributed by atoms with Crippen LogP contribution in [0.1, 0.15) is 38.2 Å². The van der Waals surface area contributed by atoms with Gasteiger partial charge < -0.3 is 10.1 Å². The molecule has 118 valence electrons. The lowest BCUT2D eigenvalue weighted by molar-refractivity contribution is -0.0776. The van der Waals surface area contributed by atoms with Gasteiger partial charge in [0, 0.05) is 18.2 Å². The molecule has 2 nitrogen and oxygen atoms in total. The molecular formula is C17H25ClFNO. The molecule has 1 N–H and O–H groups in total. The fourth-order valence-corrected chi connectivity index (χ4v) is 3.80. The molecule has 1 saturated carbocycles. The topological polar surface area (TPSA) is 21.3 Å². The minimum atomic E-state index is -0.238. The highest BCUT2D eigenvalue weighted by Crippen LogP contribution is 2.38. The maximum absolute atomic E-state index is 14.1. The van der Waals surface area contributed by atoms with Crippen molar-refractivity contribution in [3.05, 3.63) is 34.6 Å². The third-order valence-electron chi connectivity index (χ3n) is 4.82. The van der Waals surface area contributed by atoms with Gasteiger partial charge in [-0.05, 0) is 49.9 Å². The third-order valence-corrected chi connectivity index (χ3v) is 5.06. The molecule has 0 amide bonds. The van der Waals surface area contributed by atoms with E-state index >= 15 is 0 Å². The smallest absolute Gasteiger partial charge is 0.127 e. The van der Waals surface area contributed by atoms with Crippen molar-refractivity contribution in [3.8, 4) is 0 Å². The predicted octanol–water partition coefficient (Wildman–Crippen LogP) is 4.20. The molecule has 0 saturated heterocycles. The standard InChI is InChI=1S/C17H25ClFNO/c1-12-5-4-8-17(11-12,21-3)16(20-2)9-13-6-7-14(18)10-15(13)19/h6-7,10,12,16,20H,4-5,8-9,11H2,1-3H3. The van der Waals surface area contributed by atoms with Crippen LogP contribution in [0.15, 0.2) is 18.2 Å². The molecule has 4 heteroatoms. The Kier molecular flexibility index (Phi) is 5.64. The van der Waals surface area contributed by atoms with Gasteiger partial charge in [-0.1, -0.05) is 37.4 Å². The second-order valence-corrected chi connectivity index (χ2v) is 6.69. The summed E-state index contributed by atoms with van der Waals surface area (Å²) in [7, 11) is 3.71. The zero-order valence-corrected chi connectivity index (χ0v) is 13.8. The Labute approximate surface area is 132 Å². The van der Waals surface area contributed by atoms with Crippen LogP contribution in [0, 0.1) is 11.7 Å². The van der Waals surface area contributed by atoms with Crippen LogP contribution in [-0.4, -0.2) is 25.8 Å². The molecule has 0 heterocycles. The van der Waals surface area contributed by atoms with Crippen LogP contribution in [0.2, 0.25) is 5.02 Å². The average molecular weight is 314 g/mol. The van der Waals surface area contributed by atoms with Crippen LogP contribution in [0.25, 0.3) is 0 Å². The highest BCUT2D eigenvalue weighted by Gasteiger charge is 2.41. The quantitative estimate of drug-likeness (QED) is 0.879. The number of rotatable bonds is 5. The van der Waals surface area contributed by atoms with Crippen molar-refractivity contribution in [2.24, 2.45) is 5.92 Å². The van der Waals surface area contributed by atoms with Crippen LogP contribution in [-0.2, 0) is 11.2 Å². The molecule has 1 aliphatic rings. The van der Waals surface area contributed by atoms with Crippen LogP contribution in [0.5, 0.6) is 0 Å². The van der Waals surface area contributed by atoms with Gasteiger partial charge in [-0.2, -0.15) is 0 Å². The average Bonchev–Trinajstić information content (AvgIpc) is 2.46. The lowest BCUT2D eigenvalue weighted by Gasteiger charge is -2.44. The van der Waals surface area contributed by atoms with Gasteiger partial charge >= 0.3 is 0 Å². The summed E-state index contributed by atoms with van der Waals surface area (Å²) in [4.78, 5) is 0. The molecule has 1 aromatic rings. The van der Waals surface area contributed by atoms with E-state index in [0.717, 1.165) is 19.3 Å². The number of halogens is 2. The molecule has 1 fully saturated rings. The van der Waals surface area contributed by atoms with E-state index in [1.54, 1.807) is 19.2 Å². The van der Waals surface area contributed by atoms with Crippen molar-refractivity contribution in [3.63, 3.8) is 0 Å². The van der Waals surface area contributed by atoms with Gasteiger partial charge in [-0.3, -0.25) is 0 Å². The fraction of sp³-hybridized carbons (Fsp3) is 0.647. The second-order valence-electron chi connectivity index (χ2n) is 6.25. The van der Waals surface area contributed by atoms with Crippen LogP contribution < -0.4 is 5.32 Å². The normalized spacial score (nSPS) is 27.6. The third kappa shape index (κ3) is 3.77. The highest BCUT2D eigenvalue weighted by atomic mass is 35.5. The Hall–Kier alpha value is -0.640. The fourth-order valence-electron chi connectivity index (χ4n) is 3.65. The zero-order valence-electron chi connectivity index (χ0n) is 13.1. The Morgan fingerprint density at radius 1 is 1.52 bits per heavy atom. The first kappa shape index (κ1) is 16.7. The highest BCUT2D eigenvalue weighted by molar-refractivity contribution is 6.30.